The summed E-state index contributed by atoms with van der Waals surface area (Å²) in [4.78, 5) is 6.81. The van der Waals surface area contributed by atoms with Gasteiger partial charge in [0.25, 0.3) is 0 Å². The average molecular weight is 456 g/mol. The highest BCUT2D eigenvalue weighted by Crippen LogP contribution is 2.32. The van der Waals surface area contributed by atoms with Crippen LogP contribution >= 0.6 is 12.2 Å². The maximum absolute atomic E-state index is 8.83. The zero-order chi connectivity index (χ0) is 22.9. The van der Waals surface area contributed by atoms with Crippen molar-refractivity contribution in [3.63, 3.8) is 0 Å². The quantitative estimate of drug-likeness (QED) is 0.433. The van der Waals surface area contributed by atoms with Gasteiger partial charge in [-0.2, -0.15) is 10.1 Å². The summed E-state index contributed by atoms with van der Waals surface area (Å²) in [5.74, 6) is 1.89. The van der Waals surface area contributed by atoms with E-state index in [-0.39, 0.29) is 12.8 Å². The van der Waals surface area contributed by atoms with Gasteiger partial charge in [0.15, 0.2) is 22.3 Å². The Morgan fingerprint density at radius 3 is 2.30 bits per heavy atom. The number of aliphatic imine (C=N–C) groups is 1. The van der Waals surface area contributed by atoms with Crippen molar-refractivity contribution < 1.29 is 9.47 Å². The minimum atomic E-state index is 0.103. The van der Waals surface area contributed by atoms with Crippen LogP contribution in [-0.4, -0.2) is 34.8 Å². The maximum Gasteiger partial charge on any atom is 0.231 e. The van der Waals surface area contributed by atoms with Crippen molar-refractivity contribution >= 4 is 46.6 Å². The van der Waals surface area contributed by atoms with Gasteiger partial charge in [0.05, 0.1) is 17.6 Å². The van der Waals surface area contributed by atoms with Gasteiger partial charge >= 0.3 is 0 Å². The van der Waals surface area contributed by atoms with E-state index in [2.05, 4.69) is 5.10 Å². The Bertz CT molecular complexity index is 1300. The molecule has 1 fully saturated rings. The molecule has 0 amide bonds. The number of hydrogen-bond donors (Lipinski definition) is 1. The van der Waals surface area contributed by atoms with Crippen LogP contribution in [0.5, 0.6) is 11.5 Å². The van der Waals surface area contributed by atoms with Crippen molar-refractivity contribution in [3.05, 3.63) is 83.4 Å². The number of thiocarbonyl (C=S) groups is 1. The van der Waals surface area contributed by atoms with Gasteiger partial charge in [-0.1, -0.05) is 47.6 Å². The highest BCUT2D eigenvalue weighted by atomic mass is 32.1. The number of fused-ring (bicyclic) bond motifs is 1. The van der Waals surface area contributed by atoms with Crippen LogP contribution in [0.2, 0.25) is 0 Å². The fourth-order valence-corrected chi connectivity index (χ4v) is 3.80. The number of hydrazone groups is 1. The second-order valence-electron chi connectivity index (χ2n) is 7.74. The molecular weight excluding hydrogens is 434 g/mol. The first-order valence-corrected chi connectivity index (χ1v) is 10.8. The molecule has 5 rings (SSSR count). The first-order valence-electron chi connectivity index (χ1n) is 10.4. The van der Waals surface area contributed by atoms with Gasteiger partial charge in [0.1, 0.15) is 0 Å². The summed E-state index contributed by atoms with van der Waals surface area (Å²) in [7, 11) is 0. The summed E-state index contributed by atoms with van der Waals surface area (Å²) in [6, 6.07) is 21.2. The van der Waals surface area contributed by atoms with Crippen molar-refractivity contribution in [1.29, 1.82) is 5.41 Å². The van der Waals surface area contributed by atoms with Crippen LogP contribution in [0, 0.1) is 19.3 Å². The zero-order valence-corrected chi connectivity index (χ0v) is 19.0. The molecule has 0 aliphatic carbocycles. The standard InChI is InChI=1S/C25H21N5O2S/c1-16-3-8-19(9-4-16)28-23-24(33)29(20-10-5-17(2)6-11-20)25(26)30(23)27-14-18-7-12-21-22(13-18)32-15-31-21/h3-14,26H,15H2,1-2H3/b26-25?,27-14-,28-23?. The minimum Gasteiger partial charge on any atom is -0.454 e. The van der Waals surface area contributed by atoms with Crippen LogP contribution in [0.4, 0.5) is 11.4 Å². The number of rotatable bonds is 4. The fourth-order valence-electron chi connectivity index (χ4n) is 3.48. The maximum atomic E-state index is 8.83. The van der Waals surface area contributed by atoms with Gasteiger partial charge in [-0.05, 0) is 61.9 Å². The molecular formula is C25H21N5O2S. The van der Waals surface area contributed by atoms with Gasteiger partial charge in [0, 0.05) is 0 Å². The number of nitrogens with zero attached hydrogens (tertiary/aromatic N) is 4. The summed E-state index contributed by atoms with van der Waals surface area (Å²) in [5.41, 5.74) is 4.59. The molecule has 0 saturated carbocycles. The van der Waals surface area contributed by atoms with Gasteiger partial charge < -0.3 is 9.47 Å². The van der Waals surface area contributed by atoms with E-state index in [1.165, 1.54) is 5.01 Å². The van der Waals surface area contributed by atoms with Crippen LogP contribution in [0.15, 0.2) is 76.8 Å². The first-order chi connectivity index (χ1) is 16.0. The van der Waals surface area contributed by atoms with Gasteiger partial charge in [-0.3, -0.25) is 10.3 Å². The largest absolute Gasteiger partial charge is 0.454 e. The SMILES string of the molecule is Cc1ccc(N=C2C(=S)N(c3ccc(C)cc3)C(=N)N2/N=C\c2ccc3c(c2)OCO3)cc1. The Morgan fingerprint density at radius 1 is 0.909 bits per heavy atom. The van der Waals surface area contributed by atoms with Gasteiger partial charge in [0.2, 0.25) is 12.8 Å². The third-order valence-corrected chi connectivity index (χ3v) is 5.65. The highest BCUT2D eigenvalue weighted by Gasteiger charge is 2.38. The summed E-state index contributed by atoms with van der Waals surface area (Å²) >= 11 is 5.75. The zero-order valence-electron chi connectivity index (χ0n) is 18.1. The second kappa shape index (κ2) is 8.48. The normalized spacial score (nSPS) is 16.5. The number of amidine groups is 1. The van der Waals surface area contributed by atoms with E-state index in [0.29, 0.717) is 22.3 Å². The summed E-state index contributed by atoms with van der Waals surface area (Å²) in [5, 5.41) is 14.8. The van der Waals surface area contributed by atoms with Crippen molar-refractivity contribution in [3.8, 4) is 11.5 Å². The second-order valence-corrected chi connectivity index (χ2v) is 8.13. The molecule has 0 radical (unpaired) electrons. The number of nitrogens with one attached hydrogen (secondary N) is 1. The summed E-state index contributed by atoms with van der Waals surface area (Å²) < 4.78 is 10.8. The number of anilines is 1. The van der Waals surface area contributed by atoms with E-state index >= 15 is 0 Å². The Hall–Kier alpha value is -4.04. The molecule has 0 atom stereocenters. The Kier molecular flexibility index (Phi) is 5.35. The van der Waals surface area contributed by atoms with Crippen molar-refractivity contribution in [1.82, 2.24) is 5.01 Å². The lowest BCUT2D eigenvalue weighted by atomic mass is 10.2. The first kappa shape index (κ1) is 20.8. The van der Waals surface area contributed by atoms with E-state index in [1.54, 1.807) is 11.1 Å². The van der Waals surface area contributed by atoms with E-state index in [0.717, 1.165) is 28.1 Å². The number of aryl methyl sites for hydroxylation is 2. The van der Waals surface area contributed by atoms with Crippen LogP contribution in [0.25, 0.3) is 0 Å². The molecule has 1 saturated heterocycles. The molecule has 33 heavy (non-hydrogen) atoms. The lowest BCUT2D eigenvalue weighted by Gasteiger charge is -2.17. The molecule has 0 spiro atoms. The molecule has 0 bridgehead atoms. The van der Waals surface area contributed by atoms with Crippen molar-refractivity contribution in [2.45, 2.75) is 13.8 Å². The van der Waals surface area contributed by atoms with Crippen molar-refractivity contribution in [2.75, 3.05) is 11.7 Å². The third kappa shape index (κ3) is 4.08. The number of benzene rings is 3. The molecule has 2 aliphatic heterocycles. The highest BCUT2D eigenvalue weighted by molar-refractivity contribution is 7.82. The van der Waals surface area contributed by atoms with Crippen LogP contribution in [0.3, 0.4) is 0 Å². The molecule has 164 valence electrons. The molecule has 2 heterocycles. The number of ether oxygens (including phenoxy) is 2. The predicted molar refractivity (Wildman–Crippen MR) is 134 cm³/mol. The monoisotopic (exact) mass is 455 g/mol. The van der Waals surface area contributed by atoms with Crippen LogP contribution in [0.1, 0.15) is 16.7 Å². The summed E-state index contributed by atoms with van der Waals surface area (Å²) in [6.45, 7) is 4.25. The Balaban J connectivity index is 1.53. The minimum absolute atomic E-state index is 0.103. The molecule has 0 aromatic heterocycles. The lowest BCUT2D eigenvalue weighted by molar-refractivity contribution is 0.174. The van der Waals surface area contributed by atoms with E-state index in [9.17, 15) is 0 Å². The molecule has 8 heteroatoms. The Morgan fingerprint density at radius 2 is 1.58 bits per heavy atom. The van der Waals surface area contributed by atoms with Gasteiger partial charge in [-0.25, -0.2) is 4.99 Å². The molecule has 0 unspecified atom stereocenters. The van der Waals surface area contributed by atoms with Gasteiger partial charge in [-0.15, -0.1) is 0 Å². The third-order valence-electron chi connectivity index (χ3n) is 5.29. The fraction of sp³-hybridized carbons (Fsp3) is 0.120. The Labute approximate surface area is 197 Å². The van der Waals surface area contributed by atoms with E-state index < -0.39 is 0 Å². The molecule has 3 aromatic carbocycles. The van der Waals surface area contributed by atoms with E-state index in [4.69, 9.17) is 32.1 Å². The van der Waals surface area contributed by atoms with Crippen LogP contribution < -0.4 is 14.4 Å². The smallest absolute Gasteiger partial charge is 0.231 e. The van der Waals surface area contributed by atoms with E-state index in [1.807, 2.05) is 80.6 Å². The average Bonchev–Trinajstić information content (AvgIpc) is 3.37. The molecule has 7 nitrogen and oxygen atoms in total. The molecule has 2 aliphatic rings. The molecule has 1 N–H and O–H groups in total. The molecule has 3 aromatic rings. The topological polar surface area (TPSA) is 73.5 Å². The summed E-state index contributed by atoms with van der Waals surface area (Å²) in [6.07, 6.45) is 1.66. The predicted octanol–water partition coefficient (Wildman–Crippen LogP) is 5.18. The van der Waals surface area contributed by atoms with Crippen molar-refractivity contribution in [2.24, 2.45) is 10.1 Å². The van der Waals surface area contributed by atoms with Crippen LogP contribution in [-0.2, 0) is 0 Å². The lowest BCUT2D eigenvalue weighted by Crippen LogP contribution is -2.31. The number of guanidine groups is 1. The number of hydrogen-bond acceptors (Lipinski definition) is 6.